The van der Waals surface area contributed by atoms with E-state index in [1.54, 1.807) is 10.9 Å². The molecule has 1 fully saturated rings. The smallest absolute Gasteiger partial charge is 0.458 e. The monoisotopic (exact) mass is 396 g/mol. The van der Waals surface area contributed by atoms with Crippen molar-refractivity contribution in [2.24, 2.45) is 0 Å². The van der Waals surface area contributed by atoms with Crippen molar-refractivity contribution in [1.82, 2.24) is 9.78 Å². The summed E-state index contributed by atoms with van der Waals surface area (Å²) in [7, 11) is -0.416. The number of carbonyl (C=O) groups excluding carboxylic acids is 1. The molecule has 1 aromatic rings. The van der Waals surface area contributed by atoms with Gasteiger partial charge in [-0.3, -0.25) is 4.68 Å². The van der Waals surface area contributed by atoms with Gasteiger partial charge in [0.2, 0.25) is 0 Å². The van der Waals surface area contributed by atoms with Gasteiger partial charge in [-0.25, -0.2) is 4.79 Å². The Morgan fingerprint density at radius 2 is 1.71 bits per heavy atom. The number of ether oxygens (including phenoxy) is 3. The summed E-state index contributed by atoms with van der Waals surface area (Å²) in [5.41, 5.74) is -0.358. The van der Waals surface area contributed by atoms with Gasteiger partial charge in [0, 0.05) is 17.9 Å². The lowest BCUT2D eigenvalue weighted by atomic mass is 9.82. The molecule has 0 radical (unpaired) electrons. The van der Waals surface area contributed by atoms with E-state index in [2.05, 4.69) is 5.10 Å². The van der Waals surface area contributed by atoms with Gasteiger partial charge < -0.3 is 23.5 Å². The summed E-state index contributed by atoms with van der Waals surface area (Å²) in [5, 5.41) is 4.33. The molecule has 0 N–H and O–H groups in total. The number of rotatable bonds is 9. The molecule has 0 saturated carbocycles. The zero-order chi connectivity index (χ0) is 21.0. The standard InChI is InChI=1S/C19H33BN2O6/c1-17(2,3)26-16(23)14-25-11-10-24-9-8-22-13-15(12-21-22)20-27-18(4,5)19(6,7)28-20/h12-13H,8-11,14H2,1-7H3. The fourth-order valence-corrected chi connectivity index (χ4v) is 2.51. The number of hydrogen-bond acceptors (Lipinski definition) is 7. The van der Waals surface area contributed by atoms with E-state index in [9.17, 15) is 4.79 Å². The van der Waals surface area contributed by atoms with E-state index in [4.69, 9.17) is 23.5 Å². The predicted octanol–water partition coefficient (Wildman–Crippen LogP) is 1.56. The maximum atomic E-state index is 11.5. The van der Waals surface area contributed by atoms with Crippen molar-refractivity contribution in [2.75, 3.05) is 26.4 Å². The molecule has 0 spiro atoms. The van der Waals surface area contributed by atoms with Crippen LogP contribution >= 0.6 is 0 Å². The molecule has 0 unspecified atom stereocenters. The first-order valence-corrected chi connectivity index (χ1v) is 9.65. The van der Waals surface area contributed by atoms with Gasteiger partial charge in [-0.05, 0) is 48.5 Å². The molecule has 8 nitrogen and oxygen atoms in total. The first kappa shape index (κ1) is 22.9. The molecule has 2 heterocycles. The van der Waals surface area contributed by atoms with Gasteiger partial charge in [-0.1, -0.05) is 0 Å². The lowest BCUT2D eigenvalue weighted by Gasteiger charge is -2.32. The third kappa shape index (κ3) is 6.58. The van der Waals surface area contributed by atoms with E-state index in [-0.39, 0.29) is 23.8 Å². The Morgan fingerprint density at radius 1 is 1.11 bits per heavy atom. The lowest BCUT2D eigenvalue weighted by molar-refractivity contribution is -0.160. The summed E-state index contributed by atoms with van der Waals surface area (Å²) in [5.74, 6) is -0.376. The Bertz CT molecular complexity index is 637. The minimum absolute atomic E-state index is 0.0722. The fourth-order valence-electron chi connectivity index (χ4n) is 2.51. The first-order chi connectivity index (χ1) is 12.9. The highest BCUT2D eigenvalue weighted by molar-refractivity contribution is 6.61. The molecular formula is C19H33BN2O6. The molecule has 1 aliphatic rings. The zero-order valence-corrected chi connectivity index (χ0v) is 18.1. The van der Waals surface area contributed by atoms with Crippen molar-refractivity contribution in [1.29, 1.82) is 0 Å². The third-order valence-electron chi connectivity index (χ3n) is 4.66. The SMILES string of the molecule is CC(C)(C)OC(=O)COCCOCCn1cc(B2OC(C)(C)C(C)(C)O2)cn1. The molecule has 1 aromatic heterocycles. The Balaban J connectivity index is 1.62. The molecule has 158 valence electrons. The van der Waals surface area contributed by atoms with Gasteiger partial charge in [-0.2, -0.15) is 5.10 Å². The maximum Gasteiger partial charge on any atom is 0.498 e. The molecule has 0 atom stereocenters. The van der Waals surface area contributed by atoms with Crippen LogP contribution in [0.3, 0.4) is 0 Å². The Hall–Kier alpha value is -1.42. The quantitative estimate of drug-likeness (QED) is 0.356. The number of aromatic nitrogens is 2. The molecule has 1 saturated heterocycles. The number of nitrogens with zero attached hydrogens (tertiary/aromatic N) is 2. The van der Waals surface area contributed by atoms with Crippen LogP contribution in [0.2, 0.25) is 0 Å². The average Bonchev–Trinajstić information content (AvgIpc) is 3.07. The van der Waals surface area contributed by atoms with Crippen molar-refractivity contribution in [3.05, 3.63) is 12.4 Å². The van der Waals surface area contributed by atoms with Crippen LogP contribution < -0.4 is 5.46 Å². The van der Waals surface area contributed by atoms with E-state index in [1.807, 2.05) is 54.7 Å². The molecule has 2 rings (SSSR count). The molecular weight excluding hydrogens is 363 g/mol. The van der Waals surface area contributed by atoms with E-state index < -0.39 is 12.7 Å². The summed E-state index contributed by atoms with van der Waals surface area (Å²) < 4.78 is 29.8. The third-order valence-corrected chi connectivity index (χ3v) is 4.66. The highest BCUT2D eigenvalue weighted by atomic mass is 16.7. The minimum Gasteiger partial charge on any atom is -0.458 e. The average molecular weight is 396 g/mol. The van der Waals surface area contributed by atoms with Crippen LogP contribution in [0.1, 0.15) is 48.5 Å². The van der Waals surface area contributed by atoms with Crippen LogP contribution in [0.4, 0.5) is 0 Å². The number of hydrogen-bond donors (Lipinski definition) is 0. The molecule has 1 aliphatic heterocycles. The second-order valence-electron chi connectivity index (χ2n) is 8.88. The fraction of sp³-hybridized carbons (Fsp3) is 0.789. The highest BCUT2D eigenvalue weighted by Crippen LogP contribution is 2.36. The summed E-state index contributed by atoms with van der Waals surface area (Å²) >= 11 is 0. The molecule has 9 heteroatoms. The van der Waals surface area contributed by atoms with Gasteiger partial charge >= 0.3 is 13.1 Å². The van der Waals surface area contributed by atoms with Gasteiger partial charge in [0.05, 0.1) is 37.6 Å². The summed E-state index contributed by atoms with van der Waals surface area (Å²) in [6.45, 7) is 15.3. The predicted molar refractivity (Wildman–Crippen MR) is 105 cm³/mol. The van der Waals surface area contributed by atoms with Crippen LogP contribution in [0.25, 0.3) is 0 Å². The van der Waals surface area contributed by atoms with E-state index in [1.165, 1.54) is 0 Å². The Morgan fingerprint density at radius 3 is 2.32 bits per heavy atom. The molecule has 28 heavy (non-hydrogen) atoms. The minimum atomic E-state index is -0.500. The van der Waals surface area contributed by atoms with Crippen molar-refractivity contribution in [3.8, 4) is 0 Å². The van der Waals surface area contributed by atoms with Crippen molar-refractivity contribution < 1.29 is 28.3 Å². The topological polar surface area (TPSA) is 81.0 Å². The summed E-state index contributed by atoms with van der Waals surface area (Å²) in [6, 6.07) is 0. The Kier molecular flexibility index (Phi) is 7.30. The first-order valence-electron chi connectivity index (χ1n) is 9.65. The van der Waals surface area contributed by atoms with Crippen molar-refractivity contribution in [3.63, 3.8) is 0 Å². The van der Waals surface area contributed by atoms with Crippen LogP contribution in [-0.2, 0) is 34.9 Å². The molecule has 0 amide bonds. The molecule has 0 aliphatic carbocycles. The Labute approximate surface area is 167 Å². The maximum absolute atomic E-state index is 11.5. The lowest BCUT2D eigenvalue weighted by Crippen LogP contribution is -2.41. The van der Waals surface area contributed by atoms with Crippen molar-refractivity contribution in [2.45, 2.75) is 71.8 Å². The molecule has 0 aromatic carbocycles. The second-order valence-corrected chi connectivity index (χ2v) is 8.88. The van der Waals surface area contributed by atoms with Gasteiger partial charge in [0.15, 0.2) is 0 Å². The zero-order valence-electron chi connectivity index (χ0n) is 18.1. The van der Waals surface area contributed by atoms with Gasteiger partial charge in [-0.15, -0.1) is 0 Å². The van der Waals surface area contributed by atoms with Crippen LogP contribution in [0, 0.1) is 0 Å². The van der Waals surface area contributed by atoms with E-state index in [0.717, 1.165) is 5.46 Å². The number of esters is 1. The van der Waals surface area contributed by atoms with Gasteiger partial charge in [0.1, 0.15) is 12.2 Å². The summed E-state index contributed by atoms with van der Waals surface area (Å²) in [4.78, 5) is 11.5. The van der Waals surface area contributed by atoms with Crippen LogP contribution in [-0.4, -0.2) is 66.1 Å². The highest BCUT2D eigenvalue weighted by Gasteiger charge is 2.52. The number of carbonyl (C=O) groups is 1. The van der Waals surface area contributed by atoms with E-state index >= 15 is 0 Å². The van der Waals surface area contributed by atoms with Gasteiger partial charge in [0.25, 0.3) is 0 Å². The van der Waals surface area contributed by atoms with Crippen LogP contribution in [0.15, 0.2) is 12.4 Å². The normalized spacial score (nSPS) is 18.5. The second kappa shape index (κ2) is 8.94. The summed E-state index contributed by atoms with van der Waals surface area (Å²) in [6.07, 6.45) is 3.66. The van der Waals surface area contributed by atoms with Crippen LogP contribution in [0.5, 0.6) is 0 Å². The molecule has 0 bridgehead atoms. The van der Waals surface area contributed by atoms with E-state index in [0.29, 0.717) is 26.4 Å². The largest absolute Gasteiger partial charge is 0.498 e. The van der Waals surface area contributed by atoms with Crippen molar-refractivity contribution >= 4 is 18.6 Å².